The third-order valence-electron chi connectivity index (χ3n) is 5.72. The van der Waals surface area contributed by atoms with Crippen LogP contribution in [0.3, 0.4) is 0 Å². The highest BCUT2D eigenvalue weighted by Crippen LogP contribution is 2.31. The number of nitrogens with one attached hydrogen (secondary N) is 2. The molecule has 30 heavy (non-hydrogen) atoms. The van der Waals surface area contributed by atoms with Crippen molar-refractivity contribution in [1.29, 1.82) is 0 Å². The van der Waals surface area contributed by atoms with Crippen LogP contribution in [0.4, 0.5) is 0 Å². The summed E-state index contributed by atoms with van der Waals surface area (Å²) in [6.07, 6.45) is -0.0224. The van der Waals surface area contributed by atoms with Crippen molar-refractivity contribution in [3.8, 4) is 5.75 Å². The number of aromatic amines is 1. The average molecular weight is 412 g/mol. The smallest absolute Gasteiger partial charge is 0.256 e. The first-order valence-corrected chi connectivity index (χ1v) is 9.97. The quantitative estimate of drug-likeness (QED) is 0.623. The van der Waals surface area contributed by atoms with E-state index in [-0.39, 0.29) is 30.2 Å². The Kier molecular flexibility index (Phi) is 6.31. The summed E-state index contributed by atoms with van der Waals surface area (Å²) in [5.41, 5.74) is 3.25. The van der Waals surface area contributed by atoms with E-state index >= 15 is 0 Å². The molecule has 0 saturated carbocycles. The fourth-order valence-electron chi connectivity index (χ4n) is 3.90. The number of para-hydroxylation sites is 1. The van der Waals surface area contributed by atoms with Gasteiger partial charge in [0.1, 0.15) is 5.75 Å². The Balaban J connectivity index is 1.99. The van der Waals surface area contributed by atoms with Crippen molar-refractivity contribution >= 4 is 16.8 Å². The first kappa shape index (κ1) is 21.6. The molecule has 2 heterocycles. The number of ether oxygens (including phenoxy) is 2. The molecule has 2 aromatic heterocycles. The summed E-state index contributed by atoms with van der Waals surface area (Å²) >= 11 is 0. The van der Waals surface area contributed by atoms with E-state index < -0.39 is 0 Å². The van der Waals surface area contributed by atoms with E-state index in [0.29, 0.717) is 22.6 Å². The molecule has 0 aliphatic heterocycles. The van der Waals surface area contributed by atoms with Crippen LogP contribution in [-0.2, 0) is 11.3 Å². The van der Waals surface area contributed by atoms with Gasteiger partial charge in [-0.25, -0.2) is 0 Å². The Hall–Kier alpha value is -3.06. The SMILES string of the molecule is COc1cc(C)[nH]c(=O)c1CNC(=O)c1c(C)n(C(C)C(C)OC)c2ccccc12. The Morgan fingerprint density at radius 2 is 1.90 bits per heavy atom. The molecule has 0 bridgehead atoms. The third kappa shape index (κ3) is 3.85. The lowest BCUT2D eigenvalue weighted by atomic mass is 10.1. The zero-order valence-corrected chi connectivity index (χ0v) is 18.3. The molecule has 3 rings (SSSR count). The van der Waals surface area contributed by atoms with Crippen LogP contribution in [0.15, 0.2) is 35.1 Å². The van der Waals surface area contributed by atoms with Gasteiger partial charge in [-0.3, -0.25) is 9.59 Å². The molecular formula is C23H29N3O4. The second kappa shape index (κ2) is 8.75. The monoisotopic (exact) mass is 411 g/mol. The van der Waals surface area contributed by atoms with Crippen LogP contribution in [0, 0.1) is 13.8 Å². The maximum atomic E-state index is 13.2. The predicted molar refractivity (Wildman–Crippen MR) is 117 cm³/mol. The fourth-order valence-corrected chi connectivity index (χ4v) is 3.90. The number of H-pyrrole nitrogens is 1. The van der Waals surface area contributed by atoms with Crippen LogP contribution in [0.25, 0.3) is 10.9 Å². The van der Waals surface area contributed by atoms with Gasteiger partial charge < -0.3 is 24.3 Å². The van der Waals surface area contributed by atoms with E-state index in [4.69, 9.17) is 9.47 Å². The fraction of sp³-hybridized carbons (Fsp3) is 0.391. The lowest BCUT2D eigenvalue weighted by Gasteiger charge is -2.23. The van der Waals surface area contributed by atoms with Crippen molar-refractivity contribution in [2.45, 2.75) is 46.4 Å². The van der Waals surface area contributed by atoms with Crippen molar-refractivity contribution in [1.82, 2.24) is 14.9 Å². The van der Waals surface area contributed by atoms with E-state index in [0.717, 1.165) is 16.6 Å². The molecule has 0 fully saturated rings. The number of amides is 1. The Morgan fingerprint density at radius 3 is 2.57 bits per heavy atom. The number of carbonyl (C=O) groups is 1. The number of benzene rings is 1. The molecule has 2 unspecified atom stereocenters. The minimum atomic E-state index is -0.270. The van der Waals surface area contributed by atoms with Crippen molar-refractivity contribution < 1.29 is 14.3 Å². The standard InChI is InChI=1S/C23H29N3O4/c1-13-11-20(30-6)18(22(27)25-13)12-24-23(28)21-15(3)26(14(2)16(4)29-5)19-10-8-7-9-17(19)21/h7-11,14,16H,12H2,1-6H3,(H,24,28)(H,25,27). The van der Waals surface area contributed by atoms with Gasteiger partial charge in [-0.1, -0.05) is 18.2 Å². The van der Waals surface area contributed by atoms with Gasteiger partial charge in [0.15, 0.2) is 0 Å². The van der Waals surface area contributed by atoms with Crippen molar-refractivity contribution in [3.63, 3.8) is 0 Å². The van der Waals surface area contributed by atoms with E-state index in [1.165, 1.54) is 7.11 Å². The maximum Gasteiger partial charge on any atom is 0.256 e. The first-order chi connectivity index (χ1) is 14.3. The van der Waals surface area contributed by atoms with Gasteiger partial charge >= 0.3 is 0 Å². The van der Waals surface area contributed by atoms with Crippen LogP contribution in [0.1, 0.15) is 47.2 Å². The van der Waals surface area contributed by atoms with E-state index in [1.54, 1.807) is 20.1 Å². The minimum Gasteiger partial charge on any atom is -0.496 e. The topological polar surface area (TPSA) is 85.4 Å². The number of fused-ring (bicyclic) bond motifs is 1. The number of pyridine rings is 1. The van der Waals surface area contributed by atoms with Crippen LogP contribution in [-0.4, -0.2) is 35.8 Å². The molecular weight excluding hydrogens is 382 g/mol. The normalized spacial score (nSPS) is 13.3. The summed E-state index contributed by atoms with van der Waals surface area (Å²) in [7, 11) is 3.19. The second-order valence-electron chi connectivity index (χ2n) is 7.54. The number of hydrogen-bond acceptors (Lipinski definition) is 4. The highest BCUT2D eigenvalue weighted by molar-refractivity contribution is 6.08. The Bertz CT molecular complexity index is 1130. The van der Waals surface area contributed by atoms with E-state index in [9.17, 15) is 9.59 Å². The van der Waals surface area contributed by atoms with Crippen LogP contribution >= 0.6 is 0 Å². The largest absolute Gasteiger partial charge is 0.496 e. The summed E-state index contributed by atoms with van der Waals surface area (Å²) in [4.78, 5) is 28.3. The van der Waals surface area contributed by atoms with Crippen LogP contribution in [0.5, 0.6) is 5.75 Å². The number of aromatic nitrogens is 2. The van der Waals surface area contributed by atoms with Gasteiger partial charge in [0, 0.05) is 29.4 Å². The van der Waals surface area contributed by atoms with E-state index in [1.807, 2.05) is 38.1 Å². The van der Waals surface area contributed by atoms with Crippen molar-refractivity contribution in [2.24, 2.45) is 0 Å². The average Bonchev–Trinajstić information content (AvgIpc) is 3.02. The molecule has 1 amide bonds. The summed E-state index contributed by atoms with van der Waals surface area (Å²) in [6.45, 7) is 7.88. The molecule has 1 aromatic carbocycles. The Labute approximate surface area is 176 Å². The number of carbonyl (C=O) groups excluding carboxylic acids is 1. The number of aryl methyl sites for hydroxylation is 1. The molecule has 160 valence electrons. The van der Waals surface area contributed by atoms with Gasteiger partial charge in [0.25, 0.3) is 11.5 Å². The number of nitrogens with zero attached hydrogens (tertiary/aromatic N) is 1. The zero-order chi connectivity index (χ0) is 22.0. The maximum absolute atomic E-state index is 13.2. The highest BCUT2D eigenvalue weighted by Gasteiger charge is 2.25. The molecule has 0 spiro atoms. The lowest BCUT2D eigenvalue weighted by Crippen LogP contribution is -2.28. The van der Waals surface area contributed by atoms with Gasteiger partial charge in [-0.2, -0.15) is 0 Å². The van der Waals surface area contributed by atoms with E-state index in [2.05, 4.69) is 21.8 Å². The number of rotatable bonds is 7. The van der Waals surface area contributed by atoms with Gasteiger partial charge in [-0.15, -0.1) is 0 Å². The molecule has 0 aliphatic rings. The summed E-state index contributed by atoms with van der Waals surface area (Å²) in [6, 6.07) is 9.61. The van der Waals surface area contributed by atoms with Crippen LogP contribution < -0.4 is 15.6 Å². The summed E-state index contributed by atoms with van der Waals surface area (Å²) in [5, 5.41) is 3.76. The summed E-state index contributed by atoms with van der Waals surface area (Å²) < 4.78 is 13.0. The molecule has 7 heteroatoms. The molecule has 3 aromatic rings. The molecule has 2 N–H and O–H groups in total. The third-order valence-corrected chi connectivity index (χ3v) is 5.72. The van der Waals surface area contributed by atoms with Gasteiger partial charge in [-0.05, 0) is 39.8 Å². The van der Waals surface area contributed by atoms with Gasteiger partial charge in [0.2, 0.25) is 0 Å². The lowest BCUT2D eigenvalue weighted by molar-refractivity contribution is 0.0783. The van der Waals surface area contributed by atoms with Gasteiger partial charge in [0.05, 0.1) is 36.9 Å². The molecule has 0 aliphatic carbocycles. The first-order valence-electron chi connectivity index (χ1n) is 9.97. The van der Waals surface area contributed by atoms with Crippen molar-refractivity contribution in [3.05, 3.63) is 63.2 Å². The zero-order valence-electron chi connectivity index (χ0n) is 18.3. The highest BCUT2D eigenvalue weighted by atomic mass is 16.5. The van der Waals surface area contributed by atoms with Crippen molar-refractivity contribution in [2.75, 3.05) is 14.2 Å². The number of hydrogen-bond donors (Lipinski definition) is 2. The minimum absolute atomic E-state index is 0.0224. The summed E-state index contributed by atoms with van der Waals surface area (Å²) in [5.74, 6) is 0.222. The predicted octanol–water partition coefficient (Wildman–Crippen LogP) is 3.48. The molecule has 0 radical (unpaired) electrons. The molecule has 0 saturated heterocycles. The Morgan fingerprint density at radius 1 is 1.20 bits per heavy atom. The van der Waals surface area contributed by atoms with Crippen LogP contribution in [0.2, 0.25) is 0 Å². The second-order valence-corrected chi connectivity index (χ2v) is 7.54. The molecule has 7 nitrogen and oxygen atoms in total. The molecule has 2 atom stereocenters. The number of methoxy groups -OCH3 is 2.